The van der Waals surface area contributed by atoms with Crippen LogP contribution in [-0.2, 0) is 17.6 Å². The first-order valence-electron chi connectivity index (χ1n) is 8.59. The van der Waals surface area contributed by atoms with Gasteiger partial charge in [0.2, 0.25) is 5.91 Å². The monoisotopic (exact) mass is 306 g/mol. The Morgan fingerprint density at radius 2 is 1.91 bits per heavy atom. The highest BCUT2D eigenvalue weighted by Gasteiger charge is 2.33. The average molecular weight is 306 g/mol. The number of nitrogens with one attached hydrogen (secondary N) is 1. The van der Waals surface area contributed by atoms with Crippen LogP contribution in [-0.4, -0.2) is 16.9 Å². The lowest BCUT2D eigenvalue weighted by Gasteiger charge is -2.23. The maximum atomic E-state index is 12.7. The minimum Gasteiger partial charge on any atom is -0.352 e. The average Bonchev–Trinajstić information content (AvgIpc) is 3.22. The molecule has 23 heavy (non-hydrogen) atoms. The zero-order valence-electron chi connectivity index (χ0n) is 13.2. The summed E-state index contributed by atoms with van der Waals surface area (Å²) in [5, 5.41) is 3.34. The molecule has 1 amide bonds. The molecule has 2 aromatic rings. The maximum Gasteiger partial charge on any atom is 0.224 e. The van der Waals surface area contributed by atoms with Gasteiger partial charge in [-0.2, -0.15) is 0 Å². The van der Waals surface area contributed by atoms with Crippen molar-refractivity contribution in [3.63, 3.8) is 0 Å². The normalized spacial score (nSPS) is 26.0. The third kappa shape index (κ3) is 2.88. The van der Waals surface area contributed by atoms with E-state index in [1.165, 1.54) is 24.0 Å². The predicted octanol–water partition coefficient (Wildman–Crippen LogP) is 3.25. The summed E-state index contributed by atoms with van der Waals surface area (Å²) in [6, 6.07) is 14.9. The lowest BCUT2D eigenvalue weighted by atomic mass is 9.93. The SMILES string of the molecule is O=C(N[C@H]1CCC[C@H]1c1ccccc1)C1Cc2cccnc2C1. The number of carbonyl (C=O) groups excluding carboxylic acids is 1. The number of nitrogens with zero attached hydrogens (tertiary/aromatic N) is 1. The predicted molar refractivity (Wildman–Crippen MR) is 90.1 cm³/mol. The minimum atomic E-state index is 0.0527. The highest BCUT2D eigenvalue weighted by Crippen LogP contribution is 2.35. The standard InChI is InChI=1S/C20H22N2O/c23-20(16-12-15-8-5-11-21-19(15)13-16)22-18-10-4-9-17(18)14-6-2-1-3-7-14/h1-3,5-8,11,16-18H,4,9-10,12-13H2,(H,22,23)/t16?,17-,18-/m0/s1. The number of pyridine rings is 1. The Hall–Kier alpha value is -2.16. The van der Waals surface area contributed by atoms with Crippen molar-refractivity contribution in [2.45, 2.75) is 44.1 Å². The number of carbonyl (C=O) groups is 1. The highest BCUT2D eigenvalue weighted by atomic mass is 16.1. The molecule has 3 heteroatoms. The number of hydrogen-bond donors (Lipinski definition) is 1. The van der Waals surface area contributed by atoms with E-state index in [2.05, 4.69) is 46.7 Å². The molecule has 1 N–H and O–H groups in total. The van der Waals surface area contributed by atoms with Crippen LogP contribution >= 0.6 is 0 Å². The van der Waals surface area contributed by atoms with Crippen LogP contribution in [0.15, 0.2) is 48.7 Å². The van der Waals surface area contributed by atoms with Crippen LogP contribution in [0, 0.1) is 5.92 Å². The van der Waals surface area contributed by atoms with Crippen molar-refractivity contribution in [1.82, 2.24) is 10.3 Å². The van der Waals surface area contributed by atoms with Crippen LogP contribution in [0.1, 0.15) is 42.0 Å². The fourth-order valence-corrected chi connectivity index (χ4v) is 4.13. The van der Waals surface area contributed by atoms with E-state index < -0.39 is 0 Å². The summed E-state index contributed by atoms with van der Waals surface area (Å²) in [5.74, 6) is 0.717. The molecule has 1 heterocycles. The van der Waals surface area contributed by atoms with Gasteiger partial charge in [0.25, 0.3) is 0 Å². The third-order valence-corrected chi connectivity index (χ3v) is 5.33. The van der Waals surface area contributed by atoms with Crippen LogP contribution < -0.4 is 5.32 Å². The Morgan fingerprint density at radius 1 is 1.04 bits per heavy atom. The van der Waals surface area contributed by atoms with E-state index in [0.29, 0.717) is 5.92 Å². The van der Waals surface area contributed by atoms with Crippen molar-refractivity contribution in [1.29, 1.82) is 0 Å². The fraction of sp³-hybridized carbons (Fsp3) is 0.400. The van der Waals surface area contributed by atoms with E-state index in [4.69, 9.17) is 0 Å². The molecule has 1 aromatic carbocycles. The molecule has 0 saturated heterocycles. The molecule has 0 spiro atoms. The summed E-state index contributed by atoms with van der Waals surface area (Å²) in [7, 11) is 0. The van der Waals surface area contributed by atoms with Gasteiger partial charge in [0, 0.05) is 36.2 Å². The van der Waals surface area contributed by atoms with Gasteiger partial charge in [-0.25, -0.2) is 0 Å². The first-order valence-corrected chi connectivity index (χ1v) is 8.59. The molecule has 1 aromatic heterocycles. The molecule has 0 bridgehead atoms. The zero-order valence-corrected chi connectivity index (χ0v) is 13.2. The van der Waals surface area contributed by atoms with E-state index >= 15 is 0 Å². The van der Waals surface area contributed by atoms with Crippen LogP contribution in [0.4, 0.5) is 0 Å². The number of benzene rings is 1. The Kier molecular flexibility index (Phi) is 3.86. The van der Waals surface area contributed by atoms with Gasteiger partial charge in [-0.05, 0) is 36.5 Å². The minimum absolute atomic E-state index is 0.0527. The van der Waals surface area contributed by atoms with E-state index in [-0.39, 0.29) is 17.9 Å². The lowest BCUT2D eigenvalue weighted by molar-refractivity contribution is -0.125. The fourth-order valence-electron chi connectivity index (χ4n) is 4.13. The molecule has 1 saturated carbocycles. The van der Waals surface area contributed by atoms with Crippen molar-refractivity contribution in [2.75, 3.05) is 0 Å². The summed E-state index contributed by atoms with van der Waals surface area (Å²) >= 11 is 0. The second-order valence-electron chi connectivity index (χ2n) is 6.78. The second kappa shape index (κ2) is 6.15. The number of aromatic nitrogens is 1. The number of hydrogen-bond acceptors (Lipinski definition) is 2. The third-order valence-electron chi connectivity index (χ3n) is 5.33. The van der Waals surface area contributed by atoms with Gasteiger partial charge >= 0.3 is 0 Å². The lowest BCUT2D eigenvalue weighted by Crippen LogP contribution is -2.40. The second-order valence-corrected chi connectivity index (χ2v) is 6.78. The topological polar surface area (TPSA) is 42.0 Å². The quantitative estimate of drug-likeness (QED) is 0.946. The molecular formula is C20H22N2O. The maximum absolute atomic E-state index is 12.7. The zero-order chi connectivity index (χ0) is 15.6. The Bertz CT molecular complexity index is 673. The molecular weight excluding hydrogens is 284 g/mol. The summed E-state index contributed by atoms with van der Waals surface area (Å²) in [4.78, 5) is 17.1. The molecule has 2 aliphatic carbocycles. The van der Waals surface area contributed by atoms with Crippen molar-refractivity contribution in [3.05, 3.63) is 65.5 Å². The first kappa shape index (κ1) is 14.4. The Balaban J connectivity index is 1.43. The largest absolute Gasteiger partial charge is 0.352 e. The highest BCUT2D eigenvalue weighted by molar-refractivity contribution is 5.80. The van der Waals surface area contributed by atoms with Gasteiger partial charge in [-0.1, -0.05) is 42.8 Å². The van der Waals surface area contributed by atoms with Crippen LogP contribution in [0.2, 0.25) is 0 Å². The van der Waals surface area contributed by atoms with Crippen LogP contribution in [0.3, 0.4) is 0 Å². The molecule has 2 aliphatic rings. The van der Waals surface area contributed by atoms with Gasteiger partial charge in [-0.3, -0.25) is 9.78 Å². The molecule has 0 aliphatic heterocycles. The van der Waals surface area contributed by atoms with E-state index in [9.17, 15) is 4.79 Å². The Morgan fingerprint density at radius 3 is 2.74 bits per heavy atom. The molecule has 4 rings (SSSR count). The summed E-state index contributed by atoms with van der Waals surface area (Å²) in [6.45, 7) is 0. The first-order chi connectivity index (χ1) is 11.3. The summed E-state index contributed by atoms with van der Waals surface area (Å²) < 4.78 is 0. The van der Waals surface area contributed by atoms with Gasteiger partial charge in [0.15, 0.2) is 0 Å². The molecule has 0 radical (unpaired) electrons. The molecule has 1 fully saturated rings. The number of rotatable bonds is 3. The molecule has 3 nitrogen and oxygen atoms in total. The van der Waals surface area contributed by atoms with Gasteiger partial charge in [-0.15, -0.1) is 0 Å². The summed E-state index contributed by atoms with van der Waals surface area (Å²) in [6.07, 6.45) is 6.88. The van der Waals surface area contributed by atoms with E-state index in [0.717, 1.165) is 25.0 Å². The van der Waals surface area contributed by atoms with Crippen molar-refractivity contribution in [3.8, 4) is 0 Å². The van der Waals surface area contributed by atoms with Gasteiger partial charge in [0.05, 0.1) is 0 Å². The van der Waals surface area contributed by atoms with Crippen molar-refractivity contribution >= 4 is 5.91 Å². The number of fused-ring (bicyclic) bond motifs is 1. The van der Waals surface area contributed by atoms with Crippen molar-refractivity contribution < 1.29 is 4.79 Å². The van der Waals surface area contributed by atoms with Crippen molar-refractivity contribution in [2.24, 2.45) is 5.92 Å². The molecule has 1 unspecified atom stereocenters. The van der Waals surface area contributed by atoms with Gasteiger partial charge < -0.3 is 5.32 Å². The van der Waals surface area contributed by atoms with E-state index in [1.807, 2.05) is 12.3 Å². The van der Waals surface area contributed by atoms with Gasteiger partial charge in [0.1, 0.15) is 0 Å². The number of amides is 1. The van der Waals surface area contributed by atoms with Crippen LogP contribution in [0.25, 0.3) is 0 Å². The van der Waals surface area contributed by atoms with Crippen LogP contribution in [0.5, 0.6) is 0 Å². The van der Waals surface area contributed by atoms with E-state index in [1.54, 1.807) is 0 Å². The Labute approximate surface area is 137 Å². The molecule has 118 valence electrons. The molecule has 3 atom stereocenters. The smallest absolute Gasteiger partial charge is 0.224 e. The summed E-state index contributed by atoms with van der Waals surface area (Å²) in [5.41, 5.74) is 3.68.